The van der Waals surface area contributed by atoms with E-state index in [1.165, 1.54) is 11.1 Å². The van der Waals surface area contributed by atoms with E-state index >= 15 is 0 Å². The molecule has 0 aliphatic carbocycles. The van der Waals surface area contributed by atoms with Gasteiger partial charge in [-0.05, 0) is 71.3 Å². The minimum absolute atomic E-state index is 0.0958. The summed E-state index contributed by atoms with van der Waals surface area (Å²) >= 11 is 0. The molecule has 0 radical (unpaired) electrons. The number of ether oxygens (including phenoxy) is 2. The quantitative estimate of drug-likeness (QED) is 0.550. The number of aliphatic hydroxyl groups excluding tert-OH is 1. The Morgan fingerprint density at radius 2 is 1.72 bits per heavy atom. The van der Waals surface area contributed by atoms with Gasteiger partial charge in [-0.3, -0.25) is 4.90 Å². The summed E-state index contributed by atoms with van der Waals surface area (Å²) in [5, 5.41) is 11.0. The summed E-state index contributed by atoms with van der Waals surface area (Å²) < 4.78 is 10.5. The van der Waals surface area contributed by atoms with Crippen LogP contribution in [0.4, 0.5) is 0 Å². The Morgan fingerprint density at radius 1 is 0.972 bits per heavy atom. The van der Waals surface area contributed by atoms with E-state index in [4.69, 9.17) is 9.47 Å². The standard InChI is InChI=1S/C30H29NO5/c1-17-11-23-13-20(5-6-25(23)30(34)36-17)19-3-4-22-14-31(10-9-21(22)12-19)15-28(32)24-7-8-26-27(18(24)2)16-35-29(26)33/h3-8,12-13,17,28,32H,9-11,14-16H2,1-2H3. The molecule has 0 fully saturated rings. The summed E-state index contributed by atoms with van der Waals surface area (Å²) in [6.07, 6.45) is 0.929. The van der Waals surface area contributed by atoms with E-state index in [0.717, 1.165) is 59.3 Å². The molecular formula is C30H29NO5. The maximum Gasteiger partial charge on any atom is 0.338 e. The molecule has 3 aromatic carbocycles. The van der Waals surface area contributed by atoms with Crippen molar-refractivity contribution in [3.63, 3.8) is 0 Å². The van der Waals surface area contributed by atoms with E-state index in [2.05, 4.69) is 29.2 Å². The lowest BCUT2D eigenvalue weighted by Crippen LogP contribution is -2.34. The molecule has 0 bridgehead atoms. The number of hydrogen-bond acceptors (Lipinski definition) is 6. The summed E-state index contributed by atoms with van der Waals surface area (Å²) in [5.41, 5.74) is 9.90. The first kappa shape index (κ1) is 23.0. The molecule has 0 amide bonds. The van der Waals surface area contributed by atoms with Crippen LogP contribution in [-0.2, 0) is 35.5 Å². The van der Waals surface area contributed by atoms with E-state index < -0.39 is 6.10 Å². The molecule has 6 rings (SSSR count). The van der Waals surface area contributed by atoms with Gasteiger partial charge in [0.05, 0.1) is 17.2 Å². The molecule has 0 spiro atoms. The van der Waals surface area contributed by atoms with Crippen molar-refractivity contribution < 1.29 is 24.2 Å². The normalized spacial score (nSPS) is 19.7. The molecule has 3 aliphatic rings. The zero-order valence-electron chi connectivity index (χ0n) is 20.5. The summed E-state index contributed by atoms with van der Waals surface area (Å²) in [4.78, 5) is 26.3. The van der Waals surface area contributed by atoms with Crippen LogP contribution in [0.15, 0.2) is 48.5 Å². The van der Waals surface area contributed by atoms with Crippen LogP contribution in [0.2, 0.25) is 0 Å². The fourth-order valence-electron chi connectivity index (χ4n) is 5.76. The Bertz CT molecular complexity index is 1390. The lowest BCUT2D eigenvalue weighted by Gasteiger charge is -2.31. The van der Waals surface area contributed by atoms with Crippen LogP contribution in [0.1, 0.15) is 67.1 Å². The van der Waals surface area contributed by atoms with Crippen LogP contribution >= 0.6 is 0 Å². The molecule has 6 nitrogen and oxygen atoms in total. The fraction of sp³-hybridized carbons (Fsp3) is 0.333. The topological polar surface area (TPSA) is 76.1 Å². The van der Waals surface area contributed by atoms with Crippen molar-refractivity contribution in [2.24, 2.45) is 0 Å². The monoisotopic (exact) mass is 483 g/mol. The maximum absolute atomic E-state index is 12.2. The van der Waals surface area contributed by atoms with Crippen LogP contribution in [0.3, 0.4) is 0 Å². The Kier molecular flexibility index (Phi) is 5.66. The average molecular weight is 484 g/mol. The van der Waals surface area contributed by atoms with Crippen molar-refractivity contribution in [2.75, 3.05) is 13.1 Å². The second-order valence-corrected chi connectivity index (χ2v) is 10.2. The van der Waals surface area contributed by atoms with E-state index in [1.807, 2.05) is 32.0 Å². The number of β-amino-alcohol motifs (C(OH)–C–C–N with tert-alkyl or cyclic N) is 1. The summed E-state index contributed by atoms with van der Waals surface area (Å²) in [5.74, 6) is -0.520. The van der Waals surface area contributed by atoms with Gasteiger partial charge in [0.25, 0.3) is 0 Å². The van der Waals surface area contributed by atoms with E-state index in [9.17, 15) is 14.7 Å². The number of hydrogen-bond donors (Lipinski definition) is 1. The minimum Gasteiger partial charge on any atom is -0.459 e. The number of esters is 2. The van der Waals surface area contributed by atoms with Crippen molar-refractivity contribution in [2.45, 2.75) is 52.0 Å². The Labute approximate surface area is 210 Å². The molecule has 0 saturated carbocycles. The van der Waals surface area contributed by atoms with Crippen LogP contribution in [-0.4, -0.2) is 41.1 Å². The van der Waals surface area contributed by atoms with Gasteiger partial charge in [-0.25, -0.2) is 9.59 Å². The number of carbonyl (C=O) groups is 2. The van der Waals surface area contributed by atoms with E-state index in [0.29, 0.717) is 17.7 Å². The summed E-state index contributed by atoms with van der Waals surface area (Å²) in [6, 6.07) is 16.2. The highest BCUT2D eigenvalue weighted by Gasteiger charge is 2.27. The predicted octanol–water partition coefficient (Wildman–Crippen LogP) is 4.53. The molecule has 6 heteroatoms. The molecule has 0 aromatic heterocycles. The van der Waals surface area contributed by atoms with Gasteiger partial charge in [0, 0.05) is 31.6 Å². The molecule has 3 aromatic rings. The molecule has 3 heterocycles. The molecule has 0 saturated heterocycles. The smallest absolute Gasteiger partial charge is 0.338 e. The van der Waals surface area contributed by atoms with Crippen LogP contribution in [0.25, 0.3) is 11.1 Å². The second kappa shape index (κ2) is 8.87. The molecule has 2 unspecified atom stereocenters. The number of aliphatic hydroxyl groups is 1. The Balaban J connectivity index is 1.17. The molecular weight excluding hydrogens is 454 g/mol. The van der Waals surface area contributed by atoms with Gasteiger partial charge in [-0.2, -0.15) is 0 Å². The van der Waals surface area contributed by atoms with Gasteiger partial charge < -0.3 is 14.6 Å². The minimum atomic E-state index is -0.628. The number of rotatable bonds is 4. The predicted molar refractivity (Wildman–Crippen MR) is 135 cm³/mol. The van der Waals surface area contributed by atoms with E-state index in [1.54, 1.807) is 6.07 Å². The highest BCUT2D eigenvalue weighted by molar-refractivity contribution is 5.94. The molecule has 3 aliphatic heterocycles. The highest BCUT2D eigenvalue weighted by atomic mass is 16.5. The van der Waals surface area contributed by atoms with Crippen molar-refractivity contribution in [1.82, 2.24) is 4.90 Å². The first-order chi connectivity index (χ1) is 17.4. The Morgan fingerprint density at radius 3 is 2.56 bits per heavy atom. The number of cyclic esters (lactones) is 2. The van der Waals surface area contributed by atoms with Crippen molar-refractivity contribution in [1.29, 1.82) is 0 Å². The van der Waals surface area contributed by atoms with E-state index in [-0.39, 0.29) is 24.6 Å². The van der Waals surface area contributed by atoms with Crippen LogP contribution in [0, 0.1) is 6.92 Å². The first-order valence-electron chi connectivity index (χ1n) is 12.5. The van der Waals surface area contributed by atoms with Gasteiger partial charge in [0.2, 0.25) is 0 Å². The van der Waals surface area contributed by atoms with Crippen molar-refractivity contribution >= 4 is 11.9 Å². The second-order valence-electron chi connectivity index (χ2n) is 10.2. The summed E-state index contributed by atoms with van der Waals surface area (Å²) in [7, 11) is 0. The van der Waals surface area contributed by atoms with Crippen molar-refractivity contribution in [3.8, 4) is 11.1 Å². The van der Waals surface area contributed by atoms with Gasteiger partial charge in [-0.1, -0.05) is 36.4 Å². The lowest BCUT2D eigenvalue weighted by atomic mass is 9.91. The first-order valence-corrected chi connectivity index (χ1v) is 12.5. The molecule has 184 valence electrons. The van der Waals surface area contributed by atoms with Crippen LogP contribution in [0.5, 0.6) is 0 Å². The highest BCUT2D eigenvalue weighted by Crippen LogP contribution is 2.32. The summed E-state index contributed by atoms with van der Waals surface area (Å²) in [6.45, 7) is 6.35. The van der Waals surface area contributed by atoms with Gasteiger partial charge in [-0.15, -0.1) is 0 Å². The third-order valence-electron chi connectivity index (χ3n) is 7.77. The third kappa shape index (κ3) is 4.00. The van der Waals surface area contributed by atoms with Crippen LogP contribution < -0.4 is 0 Å². The zero-order chi connectivity index (χ0) is 25.0. The molecule has 1 N–H and O–H groups in total. The third-order valence-corrected chi connectivity index (χ3v) is 7.77. The van der Waals surface area contributed by atoms with Gasteiger partial charge in [0.15, 0.2) is 0 Å². The number of fused-ring (bicyclic) bond motifs is 3. The van der Waals surface area contributed by atoms with Crippen molar-refractivity contribution in [3.05, 3.63) is 93.0 Å². The number of nitrogens with zero attached hydrogens (tertiary/aromatic N) is 1. The lowest BCUT2D eigenvalue weighted by molar-refractivity contribution is 0.0301. The maximum atomic E-state index is 12.2. The average Bonchev–Trinajstić information content (AvgIpc) is 3.25. The molecule has 36 heavy (non-hydrogen) atoms. The number of carbonyl (C=O) groups excluding carboxylic acids is 2. The number of benzene rings is 3. The van der Waals surface area contributed by atoms with Gasteiger partial charge >= 0.3 is 11.9 Å². The van der Waals surface area contributed by atoms with Gasteiger partial charge in [0.1, 0.15) is 12.7 Å². The largest absolute Gasteiger partial charge is 0.459 e. The fourth-order valence-corrected chi connectivity index (χ4v) is 5.76. The zero-order valence-corrected chi connectivity index (χ0v) is 20.5. The SMILES string of the molecule is Cc1c(C(O)CN2CCc3cc(-c4ccc5c(c4)CC(C)OC5=O)ccc3C2)ccc2c1COC2=O. The Hall–Kier alpha value is -3.48. The molecule has 2 atom stereocenters.